The monoisotopic (exact) mass is 489 g/mol. The van der Waals surface area contributed by atoms with E-state index in [1.54, 1.807) is 11.4 Å². The summed E-state index contributed by atoms with van der Waals surface area (Å²) in [6, 6.07) is 5.88. The Morgan fingerprint density at radius 3 is 3.03 bits per heavy atom. The number of hydrogen-bond donors (Lipinski definition) is 1. The first-order valence-electron chi connectivity index (χ1n) is 12.5. The maximum Gasteiger partial charge on any atom is 0.272 e. The molecule has 2 aliphatic rings. The van der Waals surface area contributed by atoms with Crippen molar-refractivity contribution >= 4 is 34.6 Å². The molecule has 0 radical (unpaired) electrons. The second-order valence-corrected chi connectivity index (χ2v) is 9.30. The van der Waals surface area contributed by atoms with Crippen molar-refractivity contribution in [2.75, 3.05) is 22.9 Å². The van der Waals surface area contributed by atoms with Gasteiger partial charge in [-0.25, -0.2) is 9.67 Å². The Morgan fingerprint density at radius 2 is 2.17 bits per heavy atom. The highest BCUT2D eigenvalue weighted by atomic mass is 32.1. The number of nitrogens with zero attached hydrogens (tertiary/aromatic N) is 8. The first-order chi connectivity index (χ1) is 17.9. The van der Waals surface area contributed by atoms with Crippen LogP contribution in [0, 0.1) is 6.92 Å². The maximum absolute atomic E-state index is 12.7. The van der Waals surface area contributed by atoms with Crippen molar-refractivity contribution in [1.82, 2.24) is 35.3 Å². The van der Waals surface area contributed by atoms with Gasteiger partial charge in [0, 0.05) is 49.7 Å². The van der Waals surface area contributed by atoms with Crippen LogP contribution in [-0.4, -0.2) is 48.9 Å². The van der Waals surface area contributed by atoms with Crippen LogP contribution in [0.15, 0.2) is 41.5 Å². The van der Waals surface area contributed by atoms with Crippen molar-refractivity contribution in [3.8, 4) is 0 Å². The topological polar surface area (TPSA) is 105 Å². The third-order valence-electron chi connectivity index (χ3n) is 6.29. The Hall–Kier alpha value is -3.86. The highest BCUT2D eigenvalue weighted by molar-refractivity contribution is 7.07. The Labute approximate surface area is 209 Å². The molecule has 0 fully saturated rings. The lowest BCUT2D eigenvalue weighted by atomic mass is 10.0. The molecule has 6 rings (SSSR count). The van der Waals surface area contributed by atoms with Crippen LogP contribution in [0.1, 0.15) is 42.2 Å². The van der Waals surface area contributed by atoms with Crippen molar-refractivity contribution in [2.24, 2.45) is 0 Å². The largest absolute Gasteiger partial charge is 0.350 e. The molecule has 11 heteroatoms. The number of amides is 1. The lowest BCUT2D eigenvalue weighted by Crippen LogP contribution is -2.33. The minimum absolute atomic E-state index is 0.0587. The smallest absolute Gasteiger partial charge is 0.272 e. The first-order valence-corrected chi connectivity index (χ1v) is 12.4. The quantitative estimate of drug-likeness (QED) is 0.456. The molecule has 1 amide bonds. The number of rotatable bonds is 5. The second-order valence-electron chi connectivity index (χ2n) is 8.58. The van der Waals surface area contributed by atoms with Gasteiger partial charge in [0.15, 0.2) is 11.5 Å². The minimum atomic E-state index is -2.10. The zero-order chi connectivity index (χ0) is 25.6. The van der Waals surface area contributed by atoms with E-state index in [0.29, 0.717) is 12.4 Å². The molecule has 0 bridgehead atoms. The Kier molecular flexibility index (Phi) is 5.04. The van der Waals surface area contributed by atoms with E-state index in [-0.39, 0.29) is 11.4 Å². The van der Waals surface area contributed by atoms with E-state index in [2.05, 4.69) is 41.5 Å². The molecule has 0 aromatic carbocycles. The molecule has 10 nitrogen and oxygen atoms in total. The summed E-state index contributed by atoms with van der Waals surface area (Å²) in [6.45, 7) is 3.00. The molecule has 35 heavy (non-hydrogen) atoms. The van der Waals surface area contributed by atoms with Crippen LogP contribution in [0.4, 0.5) is 17.3 Å². The summed E-state index contributed by atoms with van der Waals surface area (Å²) in [7, 11) is 0. The molecule has 2 aliphatic heterocycles. The molecular weight excluding hydrogens is 462 g/mol. The number of hydrogen-bond acceptors (Lipinski definition) is 9. The molecule has 4 aromatic rings. The van der Waals surface area contributed by atoms with Crippen molar-refractivity contribution in [1.29, 1.82) is 0 Å². The summed E-state index contributed by atoms with van der Waals surface area (Å²) in [6.07, 6.45) is 5.59. The SMILES string of the molecule is [2H]C([2H])(NC(=O)c1cc(C)c(N2CCc3ncc(N4CCCn5nccc54)cc3C2)nn1)c1cscn1. The summed E-state index contributed by atoms with van der Waals surface area (Å²) in [5, 5.41) is 16.8. The molecular formula is C24H25N9OS. The Morgan fingerprint density at radius 1 is 1.23 bits per heavy atom. The lowest BCUT2D eigenvalue weighted by molar-refractivity contribution is 0.0944. The highest BCUT2D eigenvalue weighted by Gasteiger charge is 2.24. The number of carbonyl (C=O) groups is 1. The fourth-order valence-corrected chi connectivity index (χ4v) is 5.07. The van der Waals surface area contributed by atoms with Gasteiger partial charge in [-0.3, -0.25) is 9.78 Å². The van der Waals surface area contributed by atoms with E-state index < -0.39 is 12.4 Å². The predicted molar refractivity (Wildman–Crippen MR) is 133 cm³/mol. The molecule has 0 atom stereocenters. The van der Waals surface area contributed by atoms with Gasteiger partial charge in [0.1, 0.15) is 5.82 Å². The van der Waals surface area contributed by atoms with Crippen LogP contribution < -0.4 is 15.1 Å². The van der Waals surface area contributed by atoms with Crippen molar-refractivity contribution < 1.29 is 7.54 Å². The van der Waals surface area contributed by atoms with Crippen LogP contribution in [0.25, 0.3) is 0 Å². The molecule has 0 saturated heterocycles. The predicted octanol–water partition coefficient (Wildman–Crippen LogP) is 2.87. The van der Waals surface area contributed by atoms with Gasteiger partial charge in [-0.05, 0) is 36.6 Å². The Balaban J connectivity index is 1.20. The second kappa shape index (κ2) is 9.06. The van der Waals surface area contributed by atoms with Crippen LogP contribution >= 0.6 is 11.3 Å². The summed E-state index contributed by atoms with van der Waals surface area (Å²) in [5.74, 6) is 1.14. The van der Waals surface area contributed by atoms with E-state index >= 15 is 0 Å². The van der Waals surface area contributed by atoms with E-state index in [1.165, 1.54) is 16.8 Å². The van der Waals surface area contributed by atoms with Gasteiger partial charge in [-0.1, -0.05) is 0 Å². The summed E-state index contributed by atoms with van der Waals surface area (Å²) in [4.78, 5) is 25.8. The van der Waals surface area contributed by atoms with Gasteiger partial charge in [-0.2, -0.15) is 5.10 Å². The van der Waals surface area contributed by atoms with E-state index in [1.807, 2.05) is 30.1 Å². The Bertz CT molecular complexity index is 1460. The third kappa shape index (κ3) is 4.23. The molecule has 6 heterocycles. The first kappa shape index (κ1) is 19.4. The summed E-state index contributed by atoms with van der Waals surface area (Å²) < 4.78 is 18.3. The number of nitrogens with one attached hydrogen (secondary N) is 1. The number of aromatic nitrogens is 6. The van der Waals surface area contributed by atoms with Crippen molar-refractivity contribution in [3.63, 3.8) is 0 Å². The number of carbonyl (C=O) groups excluding carboxylic acids is 1. The van der Waals surface area contributed by atoms with Gasteiger partial charge in [0.25, 0.3) is 5.91 Å². The number of pyridine rings is 1. The molecule has 178 valence electrons. The normalized spacial score (nSPS) is 16.3. The molecule has 1 N–H and O–H groups in total. The number of thiazole rings is 1. The maximum atomic E-state index is 12.7. The molecule has 0 spiro atoms. The van der Waals surface area contributed by atoms with Gasteiger partial charge < -0.3 is 15.1 Å². The number of fused-ring (bicyclic) bond motifs is 2. The van der Waals surface area contributed by atoms with Crippen LogP contribution in [-0.2, 0) is 26.0 Å². The van der Waals surface area contributed by atoms with E-state index in [4.69, 9.17) is 7.73 Å². The summed E-state index contributed by atoms with van der Waals surface area (Å²) in [5.41, 5.74) is 5.79. The lowest BCUT2D eigenvalue weighted by Gasteiger charge is -2.33. The number of anilines is 3. The average Bonchev–Trinajstić information content (AvgIpc) is 3.60. The van der Waals surface area contributed by atoms with E-state index in [0.717, 1.165) is 60.8 Å². The standard InChI is InChI=1S/C24H25N9OS/c1-16-9-21(24(34)26-11-18-14-35-15-27-18)29-30-23(16)31-8-4-20-17(13-31)10-19(12-25-20)32-6-2-7-33-22(32)3-5-28-33/h3,5,9-10,12,14-15H,2,4,6-8,11,13H2,1H3,(H,26,34)/i11D2. The fraction of sp³-hybridized carbons (Fsp3) is 0.333. The molecule has 0 unspecified atom stereocenters. The van der Waals surface area contributed by atoms with Crippen LogP contribution in [0.2, 0.25) is 0 Å². The van der Waals surface area contributed by atoms with Gasteiger partial charge in [-0.15, -0.1) is 21.5 Å². The molecule has 4 aromatic heterocycles. The average molecular weight is 490 g/mol. The van der Waals surface area contributed by atoms with Crippen LogP contribution in [0.5, 0.6) is 0 Å². The minimum Gasteiger partial charge on any atom is -0.350 e. The van der Waals surface area contributed by atoms with Gasteiger partial charge in [0.05, 0.1) is 38.5 Å². The van der Waals surface area contributed by atoms with E-state index in [9.17, 15) is 4.79 Å². The third-order valence-corrected chi connectivity index (χ3v) is 6.87. The van der Waals surface area contributed by atoms with Crippen molar-refractivity contribution in [3.05, 3.63) is 69.7 Å². The van der Waals surface area contributed by atoms with Crippen molar-refractivity contribution in [2.45, 2.75) is 39.4 Å². The van der Waals surface area contributed by atoms with Crippen LogP contribution in [0.3, 0.4) is 0 Å². The molecule has 0 aliphatic carbocycles. The fourth-order valence-electron chi connectivity index (χ4n) is 4.59. The summed E-state index contributed by atoms with van der Waals surface area (Å²) >= 11 is 1.26. The molecule has 0 saturated carbocycles. The zero-order valence-electron chi connectivity index (χ0n) is 21.2. The zero-order valence-corrected chi connectivity index (χ0v) is 20.0. The van der Waals surface area contributed by atoms with Gasteiger partial charge >= 0.3 is 0 Å². The van der Waals surface area contributed by atoms with Gasteiger partial charge in [0.2, 0.25) is 0 Å². The highest BCUT2D eigenvalue weighted by Crippen LogP contribution is 2.32. The number of aryl methyl sites for hydroxylation is 2.